The van der Waals surface area contributed by atoms with E-state index >= 15 is 0 Å². The van der Waals surface area contributed by atoms with Crippen molar-refractivity contribution in [1.82, 2.24) is 10.3 Å². The number of aromatic amines is 1. The molecule has 3 rings (SSSR count). The number of nitrogens with one attached hydrogen (secondary N) is 2. The standard InChI is InChI=1S/C17H19BrN2O3/c18-13-11-6-2-3-7-12(11)20-14(13)15(21)19-10-17(16(22)23)8-4-1-5-9-17/h2-3,6-7,20H,1,4-5,8-10H2,(H,19,21)(H,22,23). The first-order valence-electron chi connectivity index (χ1n) is 7.81. The molecule has 5 nitrogen and oxygen atoms in total. The van der Waals surface area contributed by atoms with Gasteiger partial charge in [0, 0.05) is 17.4 Å². The lowest BCUT2D eigenvalue weighted by molar-refractivity contribution is -0.150. The molecule has 1 fully saturated rings. The van der Waals surface area contributed by atoms with Crippen LogP contribution in [0.2, 0.25) is 0 Å². The highest BCUT2D eigenvalue weighted by atomic mass is 79.9. The van der Waals surface area contributed by atoms with Crippen LogP contribution in [0.4, 0.5) is 0 Å². The monoisotopic (exact) mass is 378 g/mol. The number of para-hydroxylation sites is 1. The van der Waals surface area contributed by atoms with Crippen LogP contribution in [0.1, 0.15) is 42.6 Å². The lowest BCUT2D eigenvalue weighted by Gasteiger charge is -2.33. The van der Waals surface area contributed by atoms with E-state index < -0.39 is 11.4 Å². The van der Waals surface area contributed by atoms with Crippen LogP contribution in [0, 0.1) is 5.41 Å². The summed E-state index contributed by atoms with van der Waals surface area (Å²) in [6, 6.07) is 7.63. The molecule has 1 aliphatic rings. The minimum atomic E-state index is -0.827. The molecule has 1 amide bonds. The summed E-state index contributed by atoms with van der Waals surface area (Å²) in [5.74, 6) is -1.09. The average molecular weight is 379 g/mol. The number of hydrogen-bond acceptors (Lipinski definition) is 2. The van der Waals surface area contributed by atoms with Crippen molar-refractivity contribution in [3.8, 4) is 0 Å². The van der Waals surface area contributed by atoms with Crippen LogP contribution in [-0.2, 0) is 4.79 Å². The number of halogens is 1. The van der Waals surface area contributed by atoms with Crippen molar-refractivity contribution in [1.29, 1.82) is 0 Å². The zero-order chi connectivity index (χ0) is 16.4. The second kappa shape index (κ2) is 6.35. The Bertz CT molecular complexity index is 747. The zero-order valence-corrected chi connectivity index (χ0v) is 14.3. The van der Waals surface area contributed by atoms with Crippen molar-refractivity contribution >= 4 is 38.7 Å². The van der Waals surface area contributed by atoms with Gasteiger partial charge in [-0.15, -0.1) is 0 Å². The Balaban J connectivity index is 1.78. The van der Waals surface area contributed by atoms with Crippen LogP contribution in [0.3, 0.4) is 0 Å². The van der Waals surface area contributed by atoms with Gasteiger partial charge in [0.15, 0.2) is 0 Å². The van der Waals surface area contributed by atoms with E-state index in [0.29, 0.717) is 23.0 Å². The van der Waals surface area contributed by atoms with Crippen molar-refractivity contribution in [2.24, 2.45) is 5.41 Å². The fraction of sp³-hybridized carbons (Fsp3) is 0.412. The number of amides is 1. The molecule has 2 aromatic rings. The Labute approximate surface area is 142 Å². The number of benzene rings is 1. The molecule has 1 aromatic heterocycles. The number of carbonyl (C=O) groups is 2. The third-order valence-corrected chi connectivity index (χ3v) is 5.55. The second-order valence-electron chi connectivity index (χ2n) is 6.19. The summed E-state index contributed by atoms with van der Waals surface area (Å²) in [5, 5.41) is 13.3. The third kappa shape index (κ3) is 3.00. The smallest absolute Gasteiger partial charge is 0.311 e. The van der Waals surface area contributed by atoms with Gasteiger partial charge in [-0.25, -0.2) is 0 Å². The molecule has 0 radical (unpaired) electrons. The summed E-state index contributed by atoms with van der Waals surface area (Å²) >= 11 is 3.45. The lowest BCUT2D eigenvalue weighted by Crippen LogP contribution is -2.44. The number of aromatic nitrogens is 1. The summed E-state index contributed by atoms with van der Waals surface area (Å²) in [5.41, 5.74) is 0.476. The van der Waals surface area contributed by atoms with Crippen LogP contribution in [0.15, 0.2) is 28.7 Å². The van der Waals surface area contributed by atoms with E-state index in [1.165, 1.54) is 0 Å². The van der Waals surface area contributed by atoms with Gasteiger partial charge in [0.25, 0.3) is 5.91 Å². The molecule has 1 saturated carbocycles. The van der Waals surface area contributed by atoms with Crippen molar-refractivity contribution in [3.05, 3.63) is 34.4 Å². The molecule has 1 aliphatic carbocycles. The normalized spacial score (nSPS) is 17.1. The quantitative estimate of drug-likeness (QED) is 0.758. The van der Waals surface area contributed by atoms with Crippen LogP contribution < -0.4 is 5.32 Å². The number of carbonyl (C=O) groups excluding carboxylic acids is 1. The molecule has 0 aliphatic heterocycles. The molecule has 0 atom stereocenters. The number of carboxylic acids is 1. The molecule has 6 heteroatoms. The van der Waals surface area contributed by atoms with Crippen molar-refractivity contribution in [2.45, 2.75) is 32.1 Å². The maximum absolute atomic E-state index is 12.5. The number of rotatable bonds is 4. The fourth-order valence-corrected chi connectivity index (χ4v) is 3.92. The maximum atomic E-state index is 12.5. The Kier molecular flexibility index (Phi) is 4.43. The zero-order valence-electron chi connectivity index (χ0n) is 12.7. The van der Waals surface area contributed by atoms with Gasteiger partial charge in [-0.1, -0.05) is 37.5 Å². The minimum absolute atomic E-state index is 0.170. The first-order chi connectivity index (χ1) is 11.0. The van der Waals surface area contributed by atoms with Gasteiger partial charge in [-0.2, -0.15) is 0 Å². The van der Waals surface area contributed by atoms with Crippen molar-refractivity contribution in [2.75, 3.05) is 6.54 Å². The van der Waals surface area contributed by atoms with Gasteiger partial charge < -0.3 is 15.4 Å². The molecule has 122 valence electrons. The highest BCUT2D eigenvalue weighted by Gasteiger charge is 2.40. The number of H-pyrrole nitrogens is 1. The molecule has 1 heterocycles. The summed E-state index contributed by atoms with van der Waals surface area (Å²) < 4.78 is 0.707. The molecule has 23 heavy (non-hydrogen) atoms. The van der Waals surface area contributed by atoms with E-state index in [-0.39, 0.29) is 12.5 Å². The predicted molar refractivity (Wildman–Crippen MR) is 91.5 cm³/mol. The van der Waals surface area contributed by atoms with Crippen LogP contribution in [-0.4, -0.2) is 28.5 Å². The van der Waals surface area contributed by atoms with Gasteiger partial charge in [0.1, 0.15) is 5.69 Å². The Hall–Kier alpha value is -1.82. The van der Waals surface area contributed by atoms with E-state index in [1.54, 1.807) is 0 Å². The van der Waals surface area contributed by atoms with E-state index in [0.717, 1.165) is 30.2 Å². The molecule has 0 saturated heterocycles. The first-order valence-corrected chi connectivity index (χ1v) is 8.61. The molecule has 1 aromatic carbocycles. The molecule has 3 N–H and O–H groups in total. The summed E-state index contributed by atoms with van der Waals surface area (Å²) in [7, 11) is 0. The van der Waals surface area contributed by atoms with Crippen LogP contribution >= 0.6 is 15.9 Å². The predicted octanol–water partition coefficient (Wildman–Crippen LogP) is 3.70. The Morgan fingerprint density at radius 2 is 1.91 bits per heavy atom. The van der Waals surface area contributed by atoms with E-state index in [2.05, 4.69) is 26.2 Å². The minimum Gasteiger partial charge on any atom is -0.481 e. The van der Waals surface area contributed by atoms with E-state index in [1.807, 2.05) is 24.3 Å². The summed E-state index contributed by atoms with van der Waals surface area (Å²) in [4.78, 5) is 27.2. The van der Waals surface area contributed by atoms with Gasteiger partial charge in [-0.05, 0) is 34.8 Å². The second-order valence-corrected chi connectivity index (χ2v) is 6.98. The largest absolute Gasteiger partial charge is 0.481 e. The lowest BCUT2D eigenvalue weighted by atomic mass is 9.74. The summed E-state index contributed by atoms with van der Waals surface area (Å²) in [6.45, 7) is 0.170. The van der Waals surface area contributed by atoms with Crippen LogP contribution in [0.25, 0.3) is 10.9 Å². The molecular formula is C17H19BrN2O3. The van der Waals surface area contributed by atoms with Gasteiger partial charge in [0.05, 0.1) is 9.89 Å². The van der Waals surface area contributed by atoms with Crippen molar-refractivity contribution in [3.63, 3.8) is 0 Å². The highest BCUT2D eigenvalue weighted by molar-refractivity contribution is 9.10. The van der Waals surface area contributed by atoms with Crippen molar-refractivity contribution < 1.29 is 14.7 Å². The average Bonchev–Trinajstić information content (AvgIpc) is 2.91. The van der Waals surface area contributed by atoms with Gasteiger partial charge in [-0.3, -0.25) is 9.59 Å². The molecule has 0 bridgehead atoms. The number of fused-ring (bicyclic) bond motifs is 1. The Morgan fingerprint density at radius 3 is 2.57 bits per heavy atom. The topological polar surface area (TPSA) is 82.2 Å². The number of carboxylic acid groups (broad SMARTS) is 1. The Morgan fingerprint density at radius 1 is 1.22 bits per heavy atom. The maximum Gasteiger partial charge on any atom is 0.311 e. The van der Waals surface area contributed by atoms with Gasteiger partial charge >= 0.3 is 5.97 Å². The summed E-state index contributed by atoms with van der Waals surface area (Å²) in [6.07, 6.45) is 4.11. The third-order valence-electron chi connectivity index (χ3n) is 4.72. The number of hydrogen-bond donors (Lipinski definition) is 3. The first kappa shape index (κ1) is 16.1. The molecular weight excluding hydrogens is 360 g/mol. The molecule has 0 unspecified atom stereocenters. The van der Waals surface area contributed by atoms with Gasteiger partial charge in [0.2, 0.25) is 0 Å². The van der Waals surface area contributed by atoms with E-state index in [9.17, 15) is 14.7 Å². The SMILES string of the molecule is O=C(NCC1(C(=O)O)CCCCC1)c1[nH]c2ccccc2c1Br. The highest BCUT2D eigenvalue weighted by Crippen LogP contribution is 2.36. The fourth-order valence-electron chi connectivity index (χ4n) is 3.30. The van der Waals surface area contributed by atoms with Crippen LogP contribution in [0.5, 0.6) is 0 Å². The number of aliphatic carboxylic acids is 1. The van der Waals surface area contributed by atoms with E-state index in [4.69, 9.17) is 0 Å². The molecule has 0 spiro atoms.